The second kappa shape index (κ2) is 8.22. The first kappa shape index (κ1) is 20.1. The van der Waals surface area contributed by atoms with E-state index < -0.39 is 47.8 Å². The number of aliphatic carboxylic acids is 2. The normalized spacial score (nSPS) is 13.4. The highest BCUT2D eigenvalue weighted by Crippen LogP contribution is 2.16. The van der Waals surface area contributed by atoms with E-state index >= 15 is 0 Å². The van der Waals surface area contributed by atoms with E-state index in [0.717, 1.165) is 0 Å². The van der Waals surface area contributed by atoms with Gasteiger partial charge in [0.05, 0.1) is 0 Å². The van der Waals surface area contributed by atoms with Crippen LogP contribution >= 0.6 is 0 Å². The summed E-state index contributed by atoms with van der Waals surface area (Å²) in [6.45, 7) is 4.78. The van der Waals surface area contributed by atoms with E-state index in [0.29, 0.717) is 0 Å². The van der Waals surface area contributed by atoms with Crippen LogP contribution < -0.4 is 5.32 Å². The summed E-state index contributed by atoms with van der Waals surface area (Å²) in [5, 5.41) is 20.6. The smallest absolute Gasteiger partial charge is 0.408 e. The van der Waals surface area contributed by atoms with Crippen molar-refractivity contribution >= 4 is 23.8 Å². The molecule has 0 saturated heterocycles. The number of carbonyl (C=O) groups is 4. The molecular formula is C16H20N2O7. The van der Waals surface area contributed by atoms with Crippen molar-refractivity contribution in [3.63, 3.8) is 0 Å². The van der Waals surface area contributed by atoms with Crippen LogP contribution in [0, 0.1) is 5.92 Å². The lowest BCUT2D eigenvalue weighted by Gasteiger charge is -2.23. The number of aromatic nitrogens is 1. The average molecular weight is 352 g/mol. The molecule has 1 rings (SSSR count). The number of carboxylic acid groups (broad SMARTS) is 2. The van der Waals surface area contributed by atoms with Crippen molar-refractivity contribution in [1.82, 2.24) is 10.3 Å². The molecule has 9 nitrogen and oxygen atoms in total. The molecule has 1 aromatic rings. The largest absolute Gasteiger partial charge is 0.481 e. The van der Waals surface area contributed by atoms with E-state index in [9.17, 15) is 29.4 Å². The monoisotopic (exact) mass is 352 g/mol. The fourth-order valence-electron chi connectivity index (χ4n) is 1.94. The molecule has 0 radical (unpaired) electrons. The van der Waals surface area contributed by atoms with Gasteiger partial charge in [-0.05, 0) is 39.3 Å². The van der Waals surface area contributed by atoms with Gasteiger partial charge in [-0.15, -0.1) is 0 Å². The van der Waals surface area contributed by atoms with E-state index in [4.69, 9.17) is 4.74 Å². The number of pyridine rings is 1. The quantitative estimate of drug-likeness (QED) is 0.492. The second-order valence-electron chi connectivity index (χ2n) is 6.26. The molecule has 0 spiro atoms. The van der Waals surface area contributed by atoms with Gasteiger partial charge in [0, 0.05) is 18.0 Å². The number of hydrogen-bond acceptors (Lipinski definition) is 6. The van der Waals surface area contributed by atoms with Gasteiger partial charge in [0.2, 0.25) is 0 Å². The molecule has 1 aromatic heterocycles. The Morgan fingerprint density at radius 2 is 1.68 bits per heavy atom. The zero-order chi connectivity index (χ0) is 19.2. The van der Waals surface area contributed by atoms with E-state index in [1.54, 1.807) is 20.8 Å². The highest BCUT2D eigenvalue weighted by atomic mass is 16.6. The lowest BCUT2D eigenvalue weighted by molar-refractivity contribution is -0.142. The van der Waals surface area contributed by atoms with Gasteiger partial charge in [0.15, 0.2) is 5.78 Å². The predicted octanol–water partition coefficient (Wildman–Crippen LogP) is 1.33. The zero-order valence-corrected chi connectivity index (χ0v) is 14.1. The summed E-state index contributed by atoms with van der Waals surface area (Å²) in [5.41, 5.74) is -0.768. The van der Waals surface area contributed by atoms with Crippen LogP contribution in [0.5, 0.6) is 0 Å². The van der Waals surface area contributed by atoms with Crippen LogP contribution in [0.2, 0.25) is 0 Å². The minimum atomic E-state index is -1.64. The first-order chi connectivity index (χ1) is 11.5. The summed E-state index contributed by atoms with van der Waals surface area (Å²) >= 11 is 0. The number of carbonyl (C=O) groups excluding carboxylic acids is 2. The molecule has 9 heteroatoms. The van der Waals surface area contributed by atoms with Gasteiger partial charge in [-0.2, -0.15) is 0 Å². The van der Waals surface area contributed by atoms with Crippen molar-refractivity contribution in [3.8, 4) is 0 Å². The Bertz CT molecular complexity index is 652. The van der Waals surface area contributed by atoms with Gasteiger partial charge < -0.3 is 20.3 Å². The molecule has 0 fully saturated rings. The fourth-order valence-corrected chi connectivity index (χ4v) is 1.94. The molecule has 3 N–H and O–H groups in total. The number of rotatable bonds is 7. The molecular weight excluding hydrogens is 332 g/mol. The van der Waals surface area contributed by atoms with Gasteiger partial charge >= 0.3 is 18.0 Å². The second-order valence-corrected chi connectivity index (χ2v) is 6.26. The molecule has 2 atom stereocenters. The standard InChI is InChI=1S/C16H20N2O7/c1-16(2,3)25-15(24)18-11(14(22)23)8-10(13(20)21)12(19)9-4-6-17-7-5-9/h4-7,10-11H,8H2,1-3H3,(H,18,24)(H,20,21)(H,22,23)/t10?,11-/m0/s1. The van der Waals surface area contributed by atoms with E-state index in [1.165, 1.54) is 24.5 Å². The average Bonchev–Trinajstić information content (AvgIpc) is 2.49. The van der Waals surface area contributed by atoms with Crippen LogP contribution in [0.3, 0.4) is 0 Å². The van der Waals surface area contributed by atoms with E-state index in [1.807, 2.05) is 0 Å². The number of ketones is 1. The number of carboxylic acids is 2. The summed E-state index contributed by atoms with van der Waals surface area (Å²) < 4.78 is 4.95. The van der Waals surface area contributed by atoms with Gasteiger partial charge in [0.25, 0.3) is 0 Å². The molecule has 0 aliphatic rings. The molecule has 136 valence electrons. The fraction of sp³-hybridized carbons (Fsp3) is 0.438. The van der Waals surface area contributed by atoms with Gasteiger partial charge in [-0.25, -0.2) is 9.59 Å². The Kier molecular flexibility index (Phi) is 6.60. The Morgan fingerprint density at radius 3 is 2.12 bits per heavy atom. The summed E-state index contributed by atoms with van der Waals surface area (Å²) in [6, 6.07) is 1.06. The van der Waals surface area contributed by atoms with E-state index in [-0.39, 0.29) is 5.56 Å². The lowest BCUT2D eigenvalue weighted by atomic mass is 9.92. The predicted molar refractivity (Wildman–Crippen MR) is 85.1 cm³/mol. The molecule has 0 aliphatic carbocycles. The van der Waals surface area contributed by atoms with Crippen molar-refractivity contribution in [2.75, 3.05) is 0 Å². The van der Waals surface area contributed by atoms with Crippen molar-refractivity contribution in [2.24, 2.45) is 5.92 Å². The minimum Gasteiger partial charge on any atom is -0.481 e. The molecule has 0 bridgehead atoms. The molecule has 1 unspecified atom stereocenters. The molecule has 25 heavy (non-hydrogen) atoms. The van der Waals surface area contributed by atoms with Crippen LogP contribution in [-0.4, -0.2) is 50.7 Å². The third kappa shape index (κ3) is 6.58. The SMILES string of the molecule is CC(C)(C)OC(=O)N[C@@H](CC(C(=O)O)C(=O)c1ccncc1)C(=O)O. The van der Waals surface area contributed by atoms with Gasteiger partial charge in [-0.1, -0.05) is 0 Å². The maximum Gasteiger partial charge on any atom is 0.408 e. The Balaban J connectivity index is 2.92. The maximum absolute atomic E-state index is 12.3. The maximum atomic E-state index is 12.3. The molecule has 0 saturated carbocycles. The topological polar surface area (TPSA) is 143 Å². The van der Waals surface area contributed by atoms with Gasteiger partial charge in [-0.3, -0.25) is 14.6 Å². The number of nitrogens with zero attached hydrogens (tertiary/aromatic N) is 1. The minimum absolute atomic E-state index is 0.0869. The van der Waals surface area contributed by atoms with Crippen LogP contribution in [0.4, 0.5) is 4.79 Å². The first-order valence-electron chi connectivity index (χ1n) is 7.40. The molecule has 1 amide bonds. The molecule has 0 aliphatic heterocycles. The number of hydrogen-bond donors (Lipinski definition) is 3. The van der Waals surface area contributed by atoms with Crippen molar-refractivity contribution < 1.29 is 34.1 Å². The van der Waals surface area contributed by atoms with E-state index in [2.05, 4.69) is 10.3 Å². The first-order valence-corrected chi connectivity index (χ1v) is 7.40. The van der Waals surface area contributed by atoms with Crippen LogP contribution in [0.15, 0.2) is 24.5 Å². The summed E-state index contributed by atoms with van der Waals surface area (Å²) in [5.74, 6) is -5.37. The molecule has 1 heterocycles. The van der Waals surface area contributed by atoms with Crippen molar-refractivity contribution in [2.45, 2.75) is 38.8 Å². The Morgan fingerprint density at radius 1 is 1.12 bits per heavy atom. The summed E-state index contributed by atoms with van der Waals surface area (Å²) in [6.07, 6.45) is 1.00. The highest BCUT2D eigenvalue weighted by Gasteiger charge is 2.34. The van der Waals surface area contributed by atoms with Crippen LogP contribution in [0.1, 0.15) is 37.6 Å². The summed E-state index contributed by atoms with van der Waals surface area (Å²) in [4.78, 5) is 50.5. The number of amides is 1. The number of alkyl carbamates (subject to hydrolysis) is 1. The Hall–Kier alpha value is -2.97. The van der Waals surface area contributed by atoms with Crippen molar-refractivity contribution in [3.05, 3.63) is 30.1 Å². The number of nitrogens with one attached hydrogen (secondary N) is 1. The van der Waals surface area contributed by atoms with Crippen LogP contribution in [-0.2, 0) is 14.3 Å². The molecule has 0 aromatic carbocycles. The van der Waals surface area contributed by atoms with Crippen LogP contribution in [0.25, 0.3) is 0 Å². The number of ether oxygens (including phenoxy) is 1. The third-order valence-corrected chi connectivity index (χ3v) is 3.04. The zero-order valence-electron chi connectivity index (χ0n) is 14.1. The highest BCUT2D eigenvalue weighted by molar-refractivity contribution is 6.08. The lowest BCUT2D eigenvalue weighted by Crippen LogP contribution is -2.46. The summed E-state index contributed by atoms with van der Waals surface area (Å²) in [7, 11) is 0. The third-order valence-electron chi connectivity index (χ3n) is 3.04. The number of Topliss-reactive ketones (excluding diaryl/α,β-unsaturated/α-hetero) is 1. The van der Waals surface area contributed by atoms with Gasteiger partial charge in [0.1, 0.15) is 17.6 Å². The Labute approximate surface area is 144 Å². The van der Waals surface area contributed by atoms with Crippen molar-refractivity contribution in [1.29, 1.82) is 0 Å².